The zero-order valence-corrected chi connectivity index (χ0v) is 16.6. The summed E-state index contributed by atoms with van der Waals surface area (Å²) in [6.45, 7) is 9.45. The smallest absolute Gasteiger partial charge is 0.399 e. The molecular formula is C21H28BN3O2. The Morgan fingerprint density at radius 2 is 1.70 bits per heavy atom. The molecule has 1 aliphatic carbocycles. The maximum absolute atomic E-state index is 6.14. The van der Waals surface area contributed by atoms with Crippen molar-refractivity contribution in [3.63, 3.8) is 0 Å². The van der Waals surface area contributed by atoms with Crippen molar-refractivity contribution in [2.24, 2.45) is 5.41 Å². The molecule has 3 aliphatic rings. The Hall–Kier alpha value is -1.63. The molecule has 27 heavy (non-hydrogen) atoms. The van der Waals surface area contributed by atoms with Crippen LogP contribution in [-0.4, -0.2) is 34.8 Å². The van der Waals surface area contributed by atoms with E-state index in [2.05, 4.69) is 67.2 Å². The molecule has 5 nitrogen and oxygen atoms in total. The zero-order valence-electron chi connectivity index (χ0n) is 16.6. The average Bonchev–Trinajstić information content (AvgIpc) is 2.95. The molecule has 0 radical (unpaired) electrons. The Balaban J connectivity index is 1.31. The van der Waals surface area contributed by atoms with Crippen molar-refractivity contribution in [3.8, 4) is 11.3 Å². The van der Waals surface area contributed by atoms with Gasteiger partial charge in [0.2, 0.25) is 0 Å². The summed E-state index contributed by atoms with van der Waals surface area (Å²) in [6, 6.07) is 8.77. The summed E-state index contributed by atoms with van der Waals surface area (Å²) in [5.41, 5.74) is 3.17. The minimum absolute atomic E-state index is 0.318. The second kappa shape index (κ2) is 5.69. The van der Waals surface area contributed by atoms with Crippen LogP contribution in [0.3, 0.4) is 0 Å². The summed E-state index contributed by atoms with van der Waals surface area (Å²) in [4.78, 5) is 8.15. The van der Waals surface area contributed by atoms with E-state index in [9.17, 15) is 0 Å². The lowest BCUT2D eigenvalue weighted by atomic mass is 9.79. The molecule has 2 N–H and O–H groups in total. The number of aromatic amines is 1. The summed E-state index contributed by atoms with van der Waals surface area (Å²) in [5, 5.41) is 3.63. The van der Waals surface area contributed by atoms with E-state index in [0.29, 0.717) is 11.5 Å². The Morgan fingerprint density at radius 3 is 2.30 bits per heavy atom. The largest absolute Gasteiger partial charge is 0.494 e. The fraction of sp³-hybridized carbons (Fsp3) is 0.571. The van der Waals surface area contributed by atoms with Gasteiger partial charge in [-0.05, 0) is 63.4 Å². The van der Waals surface area contributed by atoms with Gasteiger partial charge in [-0.2, -0.15) is 0 Å². The second-order valence-corrected chi connectivity index (χ2v) is 9.53. The highest BCUT2D eigenvalue weighted by molar-refractivity contribution is 6.62. The quantitative estimate of drug-likeness (QED) is 0.821. The first kappa shape index (κ1) is 17.5. The van der Waals surface area contributed by atoms with Gasteiger partial charge in [-0.1, -0.05) is 24.3 Å². The first-order valence-corrected chi connectivity index (χ1v) is 10.0. The highest BCUT2D eigenvalue weighted by atomic mass is 16.7. The number of aromatic nitrogens is 2. The monoisotopic (exact) mass is 365 g/mol. The van der Waals surface area contributed by atoms with Crippen molar-refractivity contribution in [3.05, 3.63) is 36.3 Å². The molecular weight excluding hydrogens is 337 g/mol. The molecule has 142 valence electrons. The minimum Gasteiger partial charge on any atom is -0.399 e. The predicted octanol–water partition coefficient (Wildman–Crippen LogP) is 3.19. The molecule has 5 rings (SSSR count). The standard InChI is InChI=1S/C21H28BN3O2/c1-19(2)20(3,4)27-22(26-19)15-7-5-14(6-8-15)17-12-23-18(25-17)16-11-21(9-10-21)13-24-16/h5-8,12,16,24H,9-11,13H2,1-4H3,(H,23,25). The Bertz CT molecular complexity index is 839. The number of imidazole rings is 1. The van der Waals surface area contributed by atoms with Gasteiger partial charge in [-0.15, -0.1) is 0 Å². The van der Waals surface area contributed by atoms with Crippen LogP contribution in [0.2, 0.25) is 0 Å². The molecule has 1 saturated carbocycles. The Kier molecular flexibility index (Phi) is 3.68. The van der Waals surface area contributed by atoms with E-state index in [-0.39, 0.29) is 18.3 Å². The third-order valence-electron chi connectivity index (χ3n) is 6.99. The van der Waals surface area contributed by atoms with Crippen LogP contribution < -0.4 is 10.8 Å². The SMILES string of the molecule is CC1(C)OB(c2ccc(-c3cnc(C4CC5(CC5)CN4)[nH]3)cc2)OC1(C)C. The number of nitrogens with zero attached hydrogens (tertiary/aromatic N) is 1. The van der Waals surface area contributed by atoms with E-state index in [1.165, 1.54) is 19.3 Å². The lowest BCUT2D eigenvalue weighted by molar-refractivity contribution is 0.00578. The van der Waals surface area contributed by atoms with E-state index in [1.807, 2.05) is 6.20 Å². The van der Waals surface area contributed by atoms with Crippen molar-refractivity contribution >= 4 is 12.6 Å². The van der Waals surface area contributed by atoms with Crippen LogP contribution in [0.1, 0.15) is 58.8 Å². The average molecular weight is 365 g/mol. The fourth-order valence-electron chi connectivity index (χ4n) is 4.13. The molecule has 1 atom stereocenters. The van der Waals surface area contributed by atoms with Crippen molar-refractivity contribution in [2.75, 3.05) is 6.54 Å². The van der Waals surface area contributed by atoms with Gasteiger partial charge in [-0.3, -0.25) is 0 Å². The third-order valence-corrected chi connectivity index (χ3v) is 6.99. The molecule has 1 unspecified atom stereocenters. The van der Waals surface area contributed by atoms with Gasteiger partial charge in [-0.25, -0.2) is 4.98 Å². The van der Waals surface area contributed by atoms with E-state index in [1.54, 1.807) is 0 Å². The molecule has 3 heterocycles. The van der Waals surface area contributed by atoms with Crippen LogP contribution in [0.15, 0.2) is 30.5 Å². The van der Waals surface area contributed by atoms with Crippen LogP contribution in [-0.2, 0) is 9.31 Å². The number of hydrogen-bond donors (Lipinski definition) is 2. The summed E-state index contributed by atoms with van der Waals surface area (Å²) in [5.74, 6) is 1.06. The van der Waals surface area contributed by atoms with Crippen molar-refractivity contribution in [1.82, 2.24) is 15.3 Å². The normalized spacial score (nSPS) is 27.4. The molecule has 0 amide bonds. The van der Waals surface area contributed by atoms with Crippen molar-refractivity contribution in [2.45, 2.75) is 64.2 Å². The lowest BCUT2D eigenvalue weighted by Gasteiger charge is -2.32. The van der Waals surface area contributed by atoms with Gasteiger partial charge < -0.3 is 19.6 Å². The van der Waals surface area contributed by atoms with Gasteiger partial charge in [0, 0.05) is 6.54 Å². The number of rotatable bonds is 3. The van der Waals surface area contributed by atoms with Gasteiger partial charge in [0.25, 0.3) is 0 Å². The van der Waals surface area contributed by atoms with E-state index < -0.39 is 0 Å². The molecule has 0 bridgehead atoms. The molecule has 1 aromatic carbocycles. The highest BCUT2D eigenvalue weighted by Crippen LogP contribution is 2.54. The van der Waals surface area contributed by atoms with Gasteiger partial charge in [0.05, 0.1) is 29.1 Å². The van der Waals surface area contributed by atoms with Crippen LogP contribution in [0.25, 0.3) is 11.3 Å². The Morgan fingerprint density at radius 1 is 1.04 bits per heavy atom. The molecule has 2 saturated heterocycles. The van der Waals surface area contributed by atoms with Gasteiger partial charge >= 0.3 is 7.12 Å². The summed E-state index contributed by atoms with van der Waals surface area (Å²) >= 11 is 0. The van der Waals surface area contributed by atoms with Crippen molar-refractivity contribution in [1.29, 1.82) is 0 Å². The number of hydrogen-bond acceptors (Lipinski definition) is 4. The second-order valence-electron chi connectivity index (χ2n) is 9.53. The summed E-state index contributed by atoms with van der Waals surface area (Å²) in [7, 11) is -0.321. The molecule has 3 fully saturated rings. The van der Waals surface area contributed by atoms with Gasteiger partial charge in [0.1, 0.15) is 5.82 Å². The maximum Gasteiger partial charge on any atom is 0.494 e. The minimum atomic E-state index is -0.321. The Labute approximate surface area is 161 Å². The van der Waals surface area contributed by atoms with E-state index in [4.69, 9.17) is 9.31 Å². The number of benzene rings is 1. The fourth-order valence-corrected chi connectivity index (χ4v) is 4.13. The third kappa shape index (κ3) is 2.94. The van der Waals surface area contributed by atoms with Crippen molar-refractivity contribution < 1.29 is 9.31 Å². The molecule has 6 heteroatoms. The first-order chi connectivity index (χ1) is 12.8. The first-order valence-electron chi connectivity index (χ1n) is 10.0. The maximum atomic E-state index is 6.14. The topological polar surface area (TPSA) is 59.2 Å². The molecule has 2 aliphatic heterocycles. The number of H-pyrrole nitrogens is 1. The predicted molar refractivity (Wildman–Crippen MR) is 107 cm³/mol. The highest BCUT2D eigenvalue weighted by Gasteiger charge is 2.51. The van der Waals surface area contributed by atoms with E-state index in [0.717, 1.165) is 29.1 Å². The van der Waals surface area contributed by atoms with Crippen LogP contribution >= 0.6 is 0 Å². The van der Waals surface area contributed by atoms with E-state index >= 15 is 0 Å². The summed E-state index contributed by atoms with van der Waals surface area (Å²) in [6.07, 6.45) is 5.88. The lowest BCUT2D eigenvalue weighted by Crippen LogP contribution is -2.41. The summed E-state index contributed by atoms with van der Waals surface area (Å²) < 4.78 is 12.3. The van der Waals surface area contributed by atoms with Crippen LogP contribution in [0.4, 0.5) is 0 Å². The molecule has 2 aromatic rings. The van der Waals surface area contributed by atoms with Crippen LogP contribution in [0, 0.1) is 5.41 Å². The van der Waals surface area contributed by atoms with Gasteiger partial charge in [0.15, 0.2) is 0 Å². The molecule has 1 spiro atoms. The van der Waals surface area contributed by atoms with Crippen LogP contribution in [0.5, 0.6) is 0 Å². The zero-order chi connectivity index (χ0) is 18.9. The molecule has 1 aromatic heterocycles. The number of nitrogens with one attached hydrogen (secondary N) is 2.